The molecular formula is C25H25NO3. The van der Waals surface area contributed by atoms with E-state index >= 15 is 0 Å². The molecule has 0 aliphatic heterocycles. The van der Waals surface area contributed by atoms with Gasteiger partial charge in [-0.1, -0.05) is 42.5 Å². The summed E-state index contributed by atoms with van der Waals surface area (Å²) in [6, 6.07) is 24.1. The van der Waals surface area contributed by atoms with Crippen LogP contribution in [0.1, 0.15) is 35.7 Å². The Morgan fingerprint density at radius 2 is 1.66 bits per heavy atom. The van der Waals surface area contributed by atoms with Crippen molar-refractivity contribution < 1.29 is 14.3 Å². The highest BCUT2D eigenvalue weighted by atomic mass is 16.5. The SMILES string of the molecule is CCOc1ccc(C(=O)NC2CC2)cc1COc1ccc(-c2ccccc2)cc1. The Morgan fingerprint density at radius 3 is 2.34 bits per heavy atom. The number of rotatable bonds is 8. The second kappa shape index (κ2) is 8.82. The lowest BCUT2D eigenvalue weighted by Crippen LogP contribution is -2.25. The van der Waals surface area contributed by atoms with Crippen molar-refractivity contribution in [3.63, 3.8) is 0 Å². The van der Waals surface area contributed by atoms with E-state index in [1.807, 2.05) is 61.5 Å². The van der Waals surface area contributed by atoms with Crippen molar-refractivity contribution in [1.82, 2.24) is 5.32 Å². The lowest BCUT2D eigenvalue weighted by atomic mass is 10.1. The number of hydrogen-bond donors (Lipinski definition) is 1. The highest BCUT2D eigenvalue weighted by Crippen LogP contribution is 2.26. The minimum Gasteiger partial charge on any atom is -0.493 e. The molecule has 1 aliphatic carbocycles. The molecule has 1 saturated carbocycles. The molecule has 4 rings (SSSR count). The van der Waals surface area contributed by atoms with Gasteiger partial charge in [-0.3, -0.25) is 4.79 Å². The van der Waals surface area contributed by atoms with Crippen molar-refractivity contribution >= 4 is 5.91 Å². The van der Waals surface area contributed by atoms with Gasteiger partial charge in [0.1, 0.15) is 18.1 Å². The summed E-state index contributed by atoms with van der Waals surface area (Å²) in [6.45, 7) is 2.84. The Kier molecular flexibility index (Phi) is 5.80. The zero-order chi connectivity index (χ0) is 20.1. The molecule has 1 aliphatic rings. The third-order valence-corrected chi connectivity index (χ3v) is 4.89. The van der Waals surface area contributed by atoms with E-state index in [1.165, 1.54) is 5.56 Å². The van der Waals surface area contributed by atoms with Crippen molar-refractivity contribution in [2.75, 3.05) is 6.61 Å². The minimum absolute atomic E-state index is 0.0380. The van der Waals surface area contributed by atoms with Gasteiger partial charge >= 0.3 is 0 Å². The monoisotopic (exact) mass is 387 g/mol. The number of amides is 1. The lowest BCUT2D eigenvalue weighted by Gasteiger charge is -2.14. The molecule has 0 unspecified atom stereocenters. The van der Waals surface area contributed by atoms with E-state index in [9.17, 15) is 4.79 Å². The van der Waals surface area contributed by atoms with Crippen LogP contribution in [0.2, 0.25) is 0 Å². The van der Waals surface area contributed by atoms with Crippen LogP contribution in [0.25, 0.3) is 11.1 Å². The van der Waals surface area contributed by atoms with Crippen LogP contribution in [0.3, 0.4) is 0 Å². The van der Waals surface area contributed by atoms with E-state index in [-0.39, 0.29) is 5.91 Å². The second-order valence-electron chi connectivity index (χ2n) is 7.18. The third kappa shape index (κ3) is 4.96. The molecule has 0 saturated heterocycles. The Hall–Kier alpha value is -3.27. The van der Waals surface area contributed by atoms with Crippen LogP contribution < -0.4 is 14.8 Å². The van der Waals surface area contributed by atoms with Gasteiger partial charge in [-0.05, 0) is 61.2 Å². The number of hydrogen-bond acceptors (Lipinski definition) is 3. The van der Waals surface area contributed by atoms with Crippen LogP contribution in [-0.2, 0) is 6.61 Å². The van der Waals surface area contributed by atoms with Gasteiger partial charge in [0.05, 0.1) is 6.61 Å². The van der Waals surface area contributed by atoms with Gasteiger partial charge in [-0.15, -0.1) is 0 Å². The number of nitrogens with one attached hydrogen (secondary N) is 1. The van der Waals surface area contributed by atoms with Gasteiger partial charge < -0.3 is 14.8 Å². The summed E-state index contributed by atoms with van der Waals surface area (Å²) in [5.41, 5.74) is 3.82. The van der Waals surface area contributed by atoms with Gasteiger partial charge in [0.25, 0.3) is 5.91 Å². The first-order valence-electron chi connectivity index (χ1n) is 10.1. The average molecular weight is 387 g/mol. The maximum absolute atomic E-state index is 12.4. The van der Waals surface area contributed by atoms with Gasteiger partial charge in [-0.2, -0.15) is 0 Å². The smallest absolute Gasteiger partial charge is 0.251 e. The van der Waals surface area contributed by atoms with E-state index in [1.54, 1.807) is 6.07 Å². The van der Waals surface area contributed by atoms with Crippen LogP contribution in [0.4, 0.5) is 0 Å². The Labute approximate surface area is 171 Å². The van der Waals surface area contributed by atoms with Crippen molar-refractivity contribution in [3.05, 3.63) is 83.9 Å². The zero-order valence-electron chi connectivity index (χ0n) is 16.6. The van der Waals surface area contributed by atoms with E-state index in [0.29, 0.717) is 24.8 Å². The molecule has 1 fully saturated rings. The predicted octanol–water partition coefficient (Wildman–Crippen LogP) is 5.22. The molecule has 1 amide bonds. The molecule has 4 nitrogen and oxygen atoms in total. The fraction of sp³-hybridized carbons (Fsp3) is 0.240. The summed E-state index contributed by atoms with van der Waals surface area (Å²) < 4.78 is 11.7. The predicted molar refractivity (Wildman–Crippen MR) is 114 cm³/mol. The molecule has 0 bridgehead atoms. The molecule has 3 aromatic rings. The van der Waals surface area contributed by atoms with E-state index < -0.39 is 0 Å². The van der Waals surface area contributed by atoms with Crippen LogP contribution in [-0.4, -0.2) is 18.6 Å². The molecule has 0 atom stereocenters. The molecule has 1 N–H and O–H groups in total. The third-order valence-electron chi connectivity index (χ3n) is 4.89. The summed E-state index contributed by atoms with van der Waals surface area (Å²) in [5.74, 6) is 1.49. The Bertz CT molecular complexity index is 963. The fourth-order valence-electron chi connectivity index (χ4n) is 3.16. The summed E-state index contributed by atoms with van der Waals surface area (Å²) >= 11 is 0. The first-order chi connectivity index (χ1) is 14.2. The van der Waals surface area contributed by atoms with Gasteiger partial charge in [-0.25, -0.2) is 0 Å². The topological polar surface area (TPSA) is 47.6 Å². The van der Waals surface area contributed by atoms with Crippen LogP contribution in [0.15, 0.2) is 72.8 Å². The maximum atomic E-state index is 12.4. The molecule has 4 heteroatoms. The minimum atomic E-state index is -0.0380. The molecule has 0 heterocycles. The van der Waals surface area contributed by atoms with Gasteiger partial charge in [0.2, 0.25) is 0 Å². The summed E-state index contributed by atoms with van der Waals surface area (Å²) in [5, 5.41) is 3.02. The zero-order valence-corrected chi connectivity index (χ0v) is 16.6. The summed E-state index contributed by atoms with van der Waals surface area (Å²) in [7, 11) is 0. The largest absolute Gasteiger partial charge is 0.493 e. The van der Waals surface area contributed by atoms with Crippen LogP contribution in [0, 0.1) is 0 Å². The Balaban J connectivity index is 1.46. The highest BCUT2D eigenvalue weighted by molar-refractivity contribution is 5.95. The number of carbonyl (C=O) groups excluding carboxylic acids is 1. The molecule has 0 aromatic heterocycles. The molecule has 3 aromatic carbocycles. The number of benzene rings is 3. The number of ether oxygens (including phenoxy) is 2. The standard InChI is InChI=1S/C25H25NO3/c1-2-28-24-15-10-20(25(27)26-22-11-12-22)16-21(24)17-29-23-13-8-19(9-14-23)18-6-4-3-5-7-18/h3-10,13-16,22H,2,11-12,17H2,1H3,(H,26,27). The van der Waals surface area contributed by atoms with Crippen molar-refractivity contribution in [3.8, 4) is 22.6 Å². The fourth-order valence-corrected chi connectivity index (χ4v) is 3.16. The van der Waals surface area contributed by atoms with Crippen molar-refractivity contribution in [2.24, 2.45) is 0 Å². The number of carbonyl (C=O) groups is 1. The first-order valence-corrected chi connectivity index (χ1v) is 10.1. The molecule has 148 valence electrons. The lowest BCUT2D eigenvalue weighted by molar-refractivity contribution is 0.0951. The first kappa shape index (κ1) is 19.1. The van der Waals surface area contributed by atoms with E-state index in [2.05, 4.69) is 17.4 Å². The Morgan fingerprint density at radius 1 is 0.931 bits per heavy atom. The molecule has 0 radical (unpaired) electrons. The molecule has 0 spiro atoms. The summed E-state index contributed by atoms with van der Waals surface area (Å²) in [6.07, 6.45) is 2.13. The van der Waals surface area contributed by atoms with Crippen molar-refractivity contribution in [2.45, 2.75) is 32.4 Å². The van der Waals surface area contributed by atoms with E-state index in [4.69, 9.17) is 9.47 Å². The maximum Gasteiger partial charge on any atom is 0.251 e. The highest BCUT2D eigenvalue weighted by Gasteiger charge is 2.24. The van der Waals surface area contributed by atoms with E-state index in [0.717, 1.165) is 35.5 Å². The molecule has 29 heavy (non-hydrogen) atoms. The van der Waals surface area contributed by atoms with Crippen LogP contribution >= 0.6 is 0 Å². The second-order valence-corrected chi connectivity index (χ2v) is 7.18. The summed E-state index contributed by atoms with van der Waals surface area (Å²) in [4.78, 5) is 12.4. The van der Waals surface area contributed by atoms with Crippen LogP contribution in [0.5, 0.6) is 11.5 Å². The van der Waals surface area contributed by atoms with Gasteiger partial charge in [0, 0.05) is 17.2 Å². The quantitative estimate of drug-likeness (QED) is 0.576. The normalized spacial score (nSPS) is 13.0. The van der Waals surface area contributed by atoms with Crippen molar-refractivity contribution in [1.29, 1.82) is 0 Å². The average Bonchev–Trinajstić information content (AvgIpc) is 3.58. The van der Waals surface area contributed by atoms with Gasteiger partial charge in [0.15, 0.2) is 0 Å². The molecular weight excluding hydrogens is 362 g/mol.